The number of carbonyl (C=O) groups is 2. The summed E-state index contributed by atoms with van der Waals surface area (Å²) in [7, 11) is 0. The normalized spacial score (nSPS) is 13.3. The molecule has 306 valence electrons. The van der Waals surface area contributed by atoms with E-state index >= 15 is 0 Å². The second kappa shape index (κ2) is 22.6. The third-order valence-corrected chi connectivity index (χ3v) is 8.79. The second-order valence-electron chi connectivity index (χ2n) is 12.6. The molecule has 1 aromatic heterocycles. The third kappa shape index (κ3) is 12.7. The van der Waals surface area contributed by atoms with Gasteiger partial charge in [0.25, 0.3) is 5.91 Å². The lowest BCUT2D eigenvalue weighted by molar-refractivity contribution is -0.121. The minimum atomic E-state index is -0.563. The van der Waals surface area contributed by atoms with Gasteiger partial charge in [0.05, 0.1) is 89.5 Å². The SMILES string of the molecule is CCNC(=O)C[C@@H]1N=C(c2ccc(Cl)cc2)c2cc(OCCOCCOCCOCCOCCOCCNC(=O)c3cccc(O)c3O)ccc2-n2c(C)nnc21. The van der Waals surface area contributed by atoms with Crippen molar-refractivity contribution >= 4 is 29.1 Å². The predicted octanol–water partition coefficient (Wildman–Crippen LogP) is 3.95. The number of aryl methyl sites for hydroxylation is 1. The molecule has 57 heavy (non-hydrogen) atoms. The Balaban J connectivity index is 0.950. The number of halogens is 1. The number of aliphatic imine (C=N–C) groups is 1. The number of hydrogen-bond donors (Lipinski definition) is 4. The Hall–Kier alpha value is -5.10. The van der Waals surface area contributed by atoms with Crippen molar-refractivity contribution in [3.8, 4) is 22.9 Å². The maximum atomic E-state index is 12.7. The molecule has 0 saturated heterocycles. The molecule has 0 unspecified atom stereocenters. The fourth-order valence-electron chi connectivity index (χ4n) is 5.83. The number of nitrogens with one attached hydrogen (secondary N) is 2. The van der Waals surface area contributed by atoms with E-state index < -0.39 is 17.7 Å². The summed E-state index contributed by atoms with van der Waals surface area (Å²) in [5, 5.41) is 34.1. The number of aromatic nitrogens is 3. The number of phenolic OH excluding ortho intramolecular Hbond substituents is 2. The van der Waals surface area contributed by atoms with Crippen LogP contribution >= 0.6 is 11.6 Å². The summed E-state index contributed by atoms with van der Waals surface area (Å²) in [5.41, 5.74) is 3.16. The molecule has 2 amide bonds. The molecule has 3 aromatic carbocycles. The van der Waals surface area contributed by atoms with Gasteiger partial charge in [-0.1, -0.05) is 29.8 Å². The van der Waals surface area contributed by atoms with Gasteiger partial charge in [-0.05, 0) is 56.3 Å². The van der Waals surface area contributed by atoms with Gasteiger partial charge in [-0.15, -0.1) is 10.2 Å². The Morgan fingerprint density at radius 3 is 2.07 bits per heavy atom. The highest BCUT2D eigenvalue weighted by Crippen LogP contribution is 2.34. The summed E-state index contributed by atoms with van der Waals surface area (Å²) in [5.74, 6) is 0.458. The fraction of sp³-hybridized carbons (Fsp3) is 0.425. The van der Waals surface area contributed by atoms with Gasteiger partial charge < -0.3 is 49.3 Å². The summed E-state index contributed by atoms with van der Waals surface area (Å²) in [4.78, 5) is 29.9. The molecule has 0 bridgehead atoms. The monoisotopic (exact) mass is 808 g/mol. The first-order valence-corrected chi connectivity index (χ1v) is 19.1. The lowest BCUT2D eigenvalue weighted by Crippen LogP contribution is -2.27. The topological polar surface area (TPSA) is 197 Å². The number of benzene rings is 3. The van der Waals surface area contributed by atoms with Crippen LogP contribution in [0, 0.1) is 6.92 Å². The number of ether oxygens (including phenoxy) is 6. The molecule has 1 atom stereocenters. The standard InChI is InChI=1S/C40H49ClN6O10/c1-3-42-36(49)26-33-39-46-45-27(2)47(39)34-12-11-30(25-32(34)37(44-33)28-7-9-29(41)10-8-28)57-24-23-56-22-21-55-20-19-54-18-17-53-16-15-52-14-13-43-40(51)31-5-4-6-35(48)38(31)50/h4-12,25,33,48,50H,3,13-24,26H2,1-2H3,(H,42,49)(H,43,51)/t33-/m0/s1. The van der Waals surface area contributed by atoms with Crippen LogP contribution in [0.1, 0.15) is 52.5 Å². The molecule has 0 spiro atoms. The quantitative estimate of drug-likeness (QED) is 0.0589. The minimum absolute atomic E-state index is 0.00516. The van der Waals surface area contributed by atoms with Crippen LogP contribution in [0.5, 0.6) is 17.2 Å². The number of para-hydroxylation sites is 1. The molecule has 1 aliphatic rings. The Kier molecular flexibility index (Phi) is 17.1. The molecule has 0 saturated carbocycles. The van der Waals surface area contributed by atoms with Crippen LogP contribution in [0.4, 0.5) is 0 Å². The van der Waals surface area contributed by atoms with Crippen molar-refractivity contribution in [2.75, 3.05) is 85.8 Å². The van der Waals surface area contributed by atoms with Gasteiger partial charge in [0.1, 0.15) is 24.2 Å². The highest BCUT2D eigenvalue weighted by molar-refractivity contribution is 6.30. The molecule has 4 aromatic rings. The van der Waals surface area contributed by atoms with Crippen molar-refractivity contribution < 1.29 is 48.2 Å². The van der Waals surface area contributed by atoms with Crippen molar-refractivity contribution in [2.24, 2.45) is 4.99 Å². The van der Waals surface area contributed by atoms with Crippen LogP contribution in [0.15, 0.2) is 65.7 Å². The van der Waals surface area contributed by atoms with E-state index in [1.165, 1.54) is 18.2 Å². The van der Waals surface area contributed by atoms with Crippen LogP contribution in [-0.4, -0.2) is 128 Å². The zero-order chi connectivity index (χ0) is 40.4. The summed E-state index contributed by atoms with van der Waals surface area (Å²) >= 11 is 6.22. The average Bonchev–Trinajstić information content (AvgIpc) is 3.53. The number of amides is 2. The summed E-state index contributed by atoms with van der Waals surface area (Å²) in [6, 6.07) is 16.8. The van der Waals surface area contributed by atoms with Crippen molar-refractivity contribution in [1.29, 1.82) is 0 Å². The molecule has 0 fully saturated rings. The first-order chi connectivity index (χ1) is 27.8. The average molecular weight is 809 g/mol. The number of aromatic hydroxyl groups is 2. The highest BCUT2D eigenvalue weighted by atomic mass is 35.5. The van der Waals surface area contributed by atoms with Crippen LogP contribution < -0.4 is 15.4 Å². The van der Waals surface area contributed by atoms with Gasteiger partial charge >= 0.3 is 0 Å². The molecule has 1 aliphatic heterocycles. The lowest BCUT2D eigenvalue weighted by Gasteiger charge is -2.15. The largest absolute Gasteiger partial charge is 0.504 e. The van der Waals surface area contributed by atoms with E-state index in [0.29, 0.717) is 101 Å². The van der Waals surface area contributed by atoms with Gasteiger partial charge in [0, 0.05) is 29.2 Å². The smallest absolute Gasteiger partial charge is 0.255 e. The number of nitrogens with zero attached hydrogens (tertiary/aromatic N) is 4. The van der Waals surface area contributed by atoms with Crippen LogP contribution in [0.2, 0.25) is 5.02 Å². The van der Waals surface area contributed by atoms with E-state index in [0.717, 1.165) is 16.8 Å². The molecule has 5 rings (SSSR count). The maximum Gasteiger partial charge on any atom is 0.255 e. The second-order valence-corrected chi connectivity index (χ2v) is 13.1. The highest BCUT2D eigenvalue weighted by Gasteiger charge is 2.30. The zero-order valence-electron chi connectivity index (χ0n) is 32.1. The maximum absolute atomic E-state index is 12.7. The summed E-state index contributed by atoms with van der Waals surface area (Å²) in [6.07, 6.45) is 0.118. The van der Waals surface area contributed by atoms with E-state index in [2.05, 4.69) is 20.8 Å². The van der Waals surface area contributed by atoms with Gasteiger partial charge in [-0.3, -0.25) is 19.1 Å². The number of rotatable bonds is 24. The third-order valence-electron chi connectivity index (χ3n) is 8.54. The van der Waals surface area contributed by atoms with E-state index in [1.54, 1.807) is 0 Å². The minimum Gasteiger partial charge on any atom is -0.504 e. The van der Waals surface area contributed by atoms with Crippen molar-refractivity contribution in [2.45, 2.75) is 26.3 Å². The Labute approximate surface area is 336 Å². The number of fused-ring (bicyclic) bond motifs is 3. The van der Waals surface area contributed by atoms with Crippen LogP contribution in [0.25, 0.3) is 5.69 Å². The van der Waals surface area contributed by atoms with Crippen molar-refractivity contribution in [1.82, 2.24) is 25.4 Å². The molecular formula is C40H49ClN6O10. The Morgan fingerprint density at radius 2 is 1.42 bits per heavy atom. The van der Waals surface area contributed by atoms with Crippen LogP contribution in [-0.2, 0) is 28.5 Å². The Bertz CT molecular complexity index is 1940. The summed E-state index contributed by atoms with van der Waals surface area (Å²) < 4.78 is 35.7. The van der Waals surface area contributed by atoms with E-state index in [4.69, 9.17) is 45.0 Å². The molecule has 4 N–H and O–H groups in total. The van der Waals surface area contributed by atoms with Gasteiger partial charge in [-0.25, -0.2) is 0 Å². The molecule has 16 nitrogen and oxygen atoms in total. The van der Waals surface area contributed by atoms with Gasteiger partial charge in [-0.2, -0.15) is 0 Å². The number of hydrogen-bond acceptors (Lipinski definition) is 13. The molecule has 0 radical (unpaired) electrons. The fourth-order valence-corrected chi connectivity index (χ4v) is 5.96. The first-order valence-electron chi connectivity index (χ1n) is 18.7. The lowest BCUT2D eigenvalue weighted by atomic mass is 10.00. The van der Waals surface area contributed by atoms with Gasteiger partial charge in [0.15, 0.2) is 17.3 Å². The van der Waals surface area contributed by atoms with Crippen LogP contribution in [0.3, 0.4) is 0 Å². The molecule has 0 aliphatic carbocycles. The zero-order valence-corrected chi connectivity index (χ0v) is 32.8. The first kappa shape index (κ1) is 43.0. The van der Waals surface area contributed by atoms with Crippen molar-refractivity contribution in [3.63, 3.8) is 0 Å². The van der Waals surface area contributed by atoms with Crippen molar-refractivity contribution in [3.05, 3.63) is 94.0 Å². The molecule has 17 heteroatoms. The van der Waals surface area contributed by atoms with E-state index in [1.807, 2.05) is 60.9 Å². The molecule has 2 heterocycles. The van der Waals surface area contributed by atoms with Gasteiger partial charge in [0.2, 0.25) is 5.91 Å². The number of phenols is 2. The Morgan fingerprint density at radius 1 is 0.789 bits per heavy atom. The summed E-state index contributed by atoms with van der Waals surface area (Å²) in [6.45, 7) is 8.63. The van der Waals surface area contributed by atoms with E-state index in [-0.39, 0.29) is 36.8 Å². The predicted molar refractivity (Wildman–Crippen MR) is 211 cm³/mol. The number of carbonyl (C=O) groups excluding carboxylic acids is 2. The van der Waals surface area contributed by atoms with E-state index in [9.17, 15) is 19.8 Å². The molecular weight excluding hydrogens is 760 g/mol.